The summed E-state index contributed by atoms with van der Waals surface area (Å²) in [6.07, 6.45) is 2.66. The third kappa shape index (κ3) is 4.05. The first kappa shape index (κ1) is 12.8. The number of aryl methyl sites for hydroxylation is 1. The Balaban J connectivity index is 2.48. The Bertz CT molecular complexity index is 329. The maximum Gasteiger partial charge on any atom is 0.220 e. The molecule has 0 heterocycles. The Morgan fingerprint density at radius 1 is 1.31 bits per heavy atom. The molecule has 0 fully saturated rings. The molecule has 1 rings (SSSR count). The van der Waals surface area contributed by atoms with Crippen LogP contribution in [-0.2, 0) is 4.79 Å². The van der Waals surface area contributed by atoms with Crippen LogP contribution >= 0.6 is 0 Å². The number of hydrogen-bond acceptors (Lipinski definition) is 1. The maximum absolute atomic E-state index is 11.5. The lowest BCUT2D eigenvalue weighted by atomic mass is 10.1. The molecular formula is C14H21NO. The molecule has 0 bridgehead atoms. The first-order chi connectivity index (χ1) is 7.63. The first-order valence-corrected chi connectivity index (χ1v) is 5.99. The van der Waals surface area contributed by atoms with Crippen molar-refractivity contribution in [1.29, 1.82) is 0 Å². The van der Waals surface area contributed by atoms with E-state index in [1.165, 1.54) is 5.56 Å². The molecule has 0 aliphatic heterocycles. The summed E-state index contributed by atoms with van der Waals surface area (Å²) in [5, 5.41) is 3.01. The second-order valence-electron chi connectivity index (χ2n) is 4.30. The fourth-order valence-electron chi connectivity index (χ4n) is 1.59. The summed E-state index contributed by atoms with van der Waals surface area (Å²) in [6, 6.07) is 8.39. The van der Waals surface area contributed by atoms with Gasteiger partial charge in [-0.2, -0.15) is 0 Å². The number of hydrogen-bond donors (Lipinski definition) is 1. The van der Waals surface area contributed by atoms with Crippen molar-refractivity contribution in [3.63, 3.8) is 0 Å². The van der Waals surface area contributed by atoms with E-state index in [2.05, 4.69) is 43.4 Å². The molecule has 1 aromatic carbocycles. The molecule has 16 heavy (non-hydrogen) atoms. The minimum atomic E-state index is 0.102. The fraction of sp³-hybridized carbons (Fsp3) is 0.500. The third-order valence-electron chi connectivity index (χ3n) is 2.71. The molecule has 2 heteroatoms. The van der Waals surface area contributed by atoms with E-state index in [4.69, 9.17) is 0 Å². The van der Waals surface area contributed by atoms with Gasteiger partial charge >= 0.3 is 0 Å². The van der Waals surface area contributed by atoms with E-state index in [0.717, 1.165) is 18.4 Å². The quantitative estimate of drug-likeness (QED) is 0.808. The zero-order chi connectivity index (χ0) is 12.0. The van der Waals surface area contributed by atoms with Crippen molar-refractivity contribution >= 4 is 5.91 Å². The Hall–Kier alpha value is -1.31. The molecule has 0 aliphatic carbocycles. The molecule has 1 N–H and O–H groups in total. The van der Waals surface area contributed by atoms with Crippen molar-refractivity contribution in [1.82, 2.24) is 5.32 Å². The predicted molar refractivity (Wildman–Crippen MR) is 67.3 cm³/mol. The van der Waals surface area contributed by atoms with Gasteiger partial charge < -0.3 is 5.32 Å². The van der Waals surface area contributed by atoms with Gasteiger partial charge in [0.1, 0.15) is 0 Å². The van der Waals surface area contributed by atoms with Gasteiger partial charge in [-0.05, 0) is 25.8 Å². The summed E-state index contributed by atoms with van der Waals surface area (Å²) in [6.45, 7) is 6.18. The molecule has 1 amide bonds. The van der Waals surface area contributed by atoms with Gasteiger partial charge in [0.2, 0.25) is 5.91 Å². The molecule has 2 nitrogen and oxygen atoms in total. The number of rotatable bonds is 5. The SMILES string of the molecule is CCCCC(=O)N[C@H](C)c1ccc(C)cc1. The molecule has 0 spiro atoms. The molecule has 1 aromatic rings. The van der Waals surface area contributed by atoms with Gasteiger partial charge in [0, 0.05) is 6.42 Å². The topological polar surface area (TPSA) is 29.1 Å². The standard InChI is InChI=1S/C14H21NO/c1-4-5-6-14(16)15-12(3)13-9-7-11(2)8-10-13/h7-10,12H,4-6H2,1-3H3,(H,15,16)/t12-/m1/s1. The van der Waals surface area contributed by atoms with Crippen LogP contribution in [0.4, 0.5) is 0 Å². The van der Waals surface area contributed by atoms with Crippen molar-refractivity contribution < 1.29 is 4.79 Å². The monoisotopic (exact) mass is 219 g/mol. The van der Waals surface area contributed by atoms with Crippen LogP contribution in [0.5, 0.6) is 0 Å². The second kappa shape index (κ2) is 6.31. The Labute approximate surface area is 98.1 Å². The third-order valence-corrected chi connectivity index (χ3v) is 2.71. The van der Waals surface area contributed by atoms with Crippen LogP contribution in [0.15, 0.2) is 24.3 Å². The van der Waals surface area contributed by atoms with Crippen molar-refractivity contribution in [2.75, 3.05) is 0 Å². The Morgan fingerprint density at radius 2 is 1.94 bits per heavy atom. The van der Waals surface area contributed by atoms with Crippen LogP contribution in [0.3, 0.4) is 0 Å². The zero-order valence-electron chi connectivity index (χ0n) is 10.4. The largest absolute Gasteiger partial charge is 0.350 e. The van der Waals surface area contributed by atoms with E-state index >= 15 is 0 Å². The van der Waals surface area contributed by atoms with Crippen LogP contribution in [0, 0.1) is 6.92 Å². The molecule has 0 aliphatic rings. The highest BCUT2D eigenvalue weighted by Crippen LogP contribution is 2.13. The van der Waals surface area contributed by atoms with Crippen LogP contribution in [0.25, 0.3) is 0 Å². The lowest BCUT2D eigenvalue weighted by Crippen LogP contribution is -2.26. The summed E-state index contributed by atoms with van der Waals surface area (Å²) in [5.41, 5.74) is 2.41. The summed E-state index contributed by atoms with van der Waals surface area (Å²) >= 11 is 0. The molecule has 88 valence electrons. The minimum absolute atomic E-state index is 0.102. The van der Waals surface area contributed by atoms with Crippen molar-refractivity contribution in [3.05, 3.63) is 35.4 Å². The molecule has 0 unspecified atom stereocenters. The zero-order valence-corrected chi connectivity index (χ0v) is 10.4. The van der Waals surface area contributed by atoms with Crippen molar-refractivity contribution in [2.24, 2.45) is 0 Å². The molecular weight excluding hydrogens is 198 g/mol. The summed E-state index contributed by atoms with van der Waals surface area (Å²) < 4.78 is 0. The van der Waals surface area contributed by atoms with Gasteiger partial charge in [-0.25, -0.2) is 0 Å². The summed E-state index contributed by atoms with van der Waals surface area (Å²) in [7, 11) is 0. The Kier molecular flexibility index (Phi) is 5.03. The summed E-state index contributed by atoms with van der Waals surface area (Å²) in [4.78, 5) is 11.5. The molecule has 0 radical (unpaired) electrons. The van der Waals surface area contributed by atoms with Gasteiger partial charge in [0.25, 0.3) is 0 Å². The number of amides is 1. The van der Waals surface area contributed by atoms with Crippen LogP contribution in [0.2, 0.25) is 0 Å². The van der Waals surface area contributed by atoms with E-state index in [1.807, 2.05) is 6.92 Å². The van der Waals surface area contributed by atoms with E-state index in [0.29, 0.717) is 6.42 Å². The molecule has 0 saturated heterocycles. The normalized spacial score (nSPS) is 12.2. The average molecular weight is 219 g/mol. The maximum atomic E-state index is 11.5. The van der Waals surface area contributed by atoms with Crippen LogP contribution in [-0.4, -0.2) is 5.91 Å². The Morgan fingerprint density at radius 3 is 2.50 bits per heavy atom. The van der Waals surface area contributed by atoms with Gasteiger partial charge in [0.05, 0.1) is 6.04 Å². The van der Waals surface area contributed by atoms with E-state index < -0.39 is 0 Å². The van der Waals surface area contributed by atoms with Gasteiger partial charge in [0.15, 0.2) is 0 Å². The second-order valence-corrected chi connectivity index (χ2v) is 4.30. The first-order valence-electron chi connectivity index (χ1n) is 5.99. The lowest BCUT2D eigenvalue weighted by molar-refractivity contribution is -0.121. The predicted octanol–water partition coefficient (Wildman–Crippen LogP) is 3.36. The minimum Gasteiger partial charge on any atom is -0.350 e. The number of nitrogens with one attached hydrogen (secondary N) is 1. The summed E-state index contributed by atoms with van der Waals surface area (Å²) in [5.74, 6) is 0.148. The van der Waals surface area contributed by atoms with Gasteiger partial charge in [-0.15, -0.1) is 0 Å². The average Bonchev–Trinajstić information content (AvgIpc) is 2.27. The highest BCUT2D eigenvalue weighted by atomic mass is 16.1. The van der Waals surface area contributed by atoms with Crippen LogP contribution in [0.1, 0.15) is 50.3 Å². The van der Waals surface area contributed by atoms with E-state index in [9.17, 15) is 4.79 Å². The highest BCUT2D eigenvalue weighted by molar-refractivity contribution is 5.76. The van der Waals surface area contributed by atoms with Crippen molar-refractivity contribution in [3.8, 4) is 0 Å². The van der Waals surface area contributed by atoms with Gasteiger partial charge in [-0.3, -0.25) is 4.79 Å². The number of benzene rings is 1. The van der Waals surface area contributed by atoms with Gasteiger partial charge in [-0.1, -0.05) is 43.2 Å². The number of carbonyl (C=O) groups is 1. The van der Waals surface area contributed by atoms with Crippen molar-refractivity contribution in [2.45, 2.75) is 46.1 Å². The van der Waals surface area contributed by atoms with E-state index in [1.54, 1.807) is 0 Å². The number of unbranched alkanes of at least 4 members (excludes halogenated alkanes) is 1. The fourth-order valence-corrected chi connectivity index (χ4v) is 1.59. The molecule has 0 saturated carbocycles. The van der Waals surface area contributed by atoms with Crippen LogP contribution < -0.4 is 5.32 Å². The number of carbonyl (C=O) groups excluding carboxylic acids is 1. The lowest BCUT2D eigenvalue weighted by Gasteiger charge is -2.14. The molecule has 1 atom stereocenters. The van der Waals surface area contributed by atoms with E-state index in [-0.39, 0.29) is 11.9 Å². The highest BCUT2D eigenvalue weighted by Gasteiger charge is 2.08. The molecule has 0 aromatic heterocycles. The smallest absolute Gasteiger partial charge is 0.220 e.